The van der Waals surface area contributed by atoms with Gasteiger partial charge in [0, 0.05) is 24.6 Å². The van der Waals surface area contributed by atoms with Crippen molar-refractivity contribution in [2.45, 2.75) is 26.7 Å². The van der Waals surface area contributed by atoms with Gasteiger partial charge in [0.15, 0.2) is 0 Å². The predicted octanol–water partition coefficient (Wildman–Crippen LogP) is 4.08. The van der Waals surface area contributed by atoms with Crippen molar-refractivity contribution in [1.29, 1.82) is 0 Å². The smallest absolute Gasteiger partial charge is 0.244 e. The number of nitrogens with zero attached hydrogens (tertiary/aromatic N) is 1. The molecule has 2 rings (SSSR count). The van der Waals surface area contributed by atoms with Crippen LogP contribution in [-0.4, -0.2) is 36.9 Å². The number of hydrogen-bond donors (Lipinski definition) is 1. The van der Waals surface area contributed by atoms with E-state index in [-0.39, 0.29) is 18.4 Å². The van der Waals surface area contributed by atoms with Crippen LogP contribution in [0.4, 0.5) is 5.69 Å². The fourth-order valence-corrected chi connectivity index (χ4v) is 2.91. The van der Waals surface area contributed by atoms with Crippen molar-refractivity contribution >= 4 is 29.1 Å². The molecule has 0 aliphatic rings. The monoisotopic (exact) mass is 388 g/mol. The number of hydrogen-bond acceptors (Lipinski definition) is 3. The summed E-state index contributed by atoms with van der Waals surface area (Å²) in [5, 5.41) is 3.37. The second-order valence-electron chi connectivity index (χ2n) is 6.38. The number of carbonyl (C=O) groups is 2. The summed E-state index contributed by atoms with van der Waals surface area (Å²) in [5.74, 6) is 0.0831. The van der Waals surface area contributed by atoms with Crippen LogP contribution in [0.1, 0.15) is 24.5 Å². The Morgan fingerprint density at radius 2 is 1.89 bits per heavy atom. The van der Waals surface area contributed by atoms with E-state index in [4.69, 9.17) is 16.3 Å². The molecule has 2 aromatic rings. The van der Waals surface area contributed by atoms with Gasteiger partial charge in [0.05, 0.1) is 19.3 Å². The third kappa shape index (κ3) is 6.29. The van der Waals surface area contributed by atoms with Crippen LogP contribution < -0.4 is 10.1 Å². The Labute approximate surface area is 165 Å². The summed E-state index contributed by atoms with van der Waals surface area (Å²) in [6.07, 6.45) is 1.65. The largest absolute Gasteiger partial charge is 0.495 e. The van der Waals surface area contributed by atoms with Crippen LogP contribution in [0.3, 0.4) is 0 Å². The van der Waals surface area contributed by atoms with Crippen LogP contribution in [0, 0.1) is 6.92 Å². The van der Waals surface area contributed by atoms with Gasteiger partial charge in [-0.1, -0.05) is 41.9 Å². The van der Waals surface area contributed by atoms with Crippen molar-refractivity contribution in [1.82, 2.24) is 4.90 Å². The first-order valence-corrected chi connectivity index (χ1v) is 9.22. The van der Waals surface area contributed by atoms with E-state index in [0.717, 1.165) is 18.4 Å². The van der Waals surface area contributed by atoms with Gasteiger partial charge in [0.2, 0.25) is 11.8 Å². The molecule has 0 heterocycles. The topological polar surface area (TPSA) is 58.6 Å². The number of aryl methyl sites for hydroxylation is 2. The molecule has 0 aliphatic heterocycles. The van der Waals surface area contributed by atoms with E-state index in [9.17, 15) is 9.59 Å². The summed E-state index contributed by atoms with van der Waals surface area (Å²) in [5.41, 5.74) is 2.59. The molecule has 144 valence electrons. The molecule has 2 amide bonds. The molecule has 5 nitrogen and oxygen atoms in total. The van der Waals surface area contributed by atoms with Crippen molar-refractivity contribution in [2.24, 2.45) is 0 Å². The highest BCUT2D eigenvalue weighted by molar-refractivity contribution is 6.31. The SMILES string of the molecule is COc1cc(Cl)c(C)cc1NC(=O)CN(CCCc1ccccc1)C(C)=O. The van der Waals surface area contributed by atoms with Crippen LogP contribution in [0.5, 0.6) is 5.75 Å². The van der Waals surface area contributed by atoms with Crippen molar-refractivity contribution in [3.63, 3.8) is 0 Å². The molecule has 0 bridgehead atoms. The molecule has 27 heavy (non-hydrogen) atoms. The molecule has 0 atom stereocenters. The highest BCUT2D eigenvalue weighted by Crippen LogP contribution is 2.30. The van der Waals surface area contributed by atoms with Crippen molar-refractivity contribution in [3.8, 4) is 5.75 Å². The lowest BCUT2D eigenvalue weighted by Crippen LogP contribution is -2.37. The Morgan fingerprint density at radius 3 is 2.52 bits per heavy atom. The minimum atomic E-state index is -0.273. The number of anilines is 1. The molecular formula is C21H25ClN2O3. The maximum atomic E-state index is 12.4. The van der Waals surface area contributed by atoms with Gasteiger partial charge in [-0.25, -0.2) is 0 Å². The summed E-state index contributed by atoms with van der Waals surface area (Å²) in [4.78, 5) is 25.9. The molecular weight excluding hydrogens is 364 g/mol. The molecule has 0 radical (unpaired) electrons. The van der Waals surface area contributed by atoms with E-state index in [1.54, 1.807) is 17.0 Å². The maximum absolute atomic E-state index is 12.4. The van der Waals surface area contributed by atoms with Crippen molar-refractivity contribution in [2.75, 3.05) is 25.5 Å². The van der Waals surface area contributed by atoms with Crippen molar-refractivity contribution in [3.05, 3.63) is 58.6 Å². The molecule has 2 aromatic carbocycles. The van der Waals surface area contributed by atoms with Crippen LogP contribution >= 0.6 is 11.6 Å². The van der Waals surface area contributed by atoms with Crippen LogP contribution in [-0.2, 0) is 16.0 Å². The van der Waals surface area contributed by atoms with E-state index >= 15 is 0 Å². The molecule has 0 aromatic heterocycles. The first kappa shape index (κ1) is 20.8. The third-order valence-corrected chi connectivity index (χ3v) is 4.68. The van der Waals surface area contributed by atoms with Gasteiger partial charge in [-0.2, -0.15) is 0 Å². The zero-order valence-electron chi connectivity index (χ0n) is 15.9. The van der Waals surface area contributed by atoms with E-state index in [1.807, 2.05) is 25.1 Å². The zero-order valence-corrected chi connectivity index (χ0v) is 16.7. The summed E-state index contributed by atoms with van der Waals surface area (Å²) in [7, 11) is 1.52. The highest BCUT2D eigenvalue weighted by Gasteiger charge is 2.16. The van der Waals surface area contributed by atoms with Crippen molar-refractivity contribution < 1.29 is 14.3 Å². The van der Waals surface area contributed by atoms with E-state index in [0.29, 0.717) is 23.0 Å². The highest BCUT2D eigenvalue weighted by atomic mass is 35.5. The Bertz CT molecular complexity index is 794. The molecule has 0 spiro atoms. The number of benzene rings is 2. The first-order valence-electron chi connectivity index (χ1n) is 8.84. The average Bonchev–Trinajstić information content (AvgIpc) is 2.64. The number of halogens is 1. The molecule has 0 unspecified atom stereocenters. The number of carbonyl (C=O) groups excluding carboxylic acids is 2. The molecule has 0 fully saturated rings. The predicted molar refractivity (Wildman–Crippen MR) is 108 cm³/mol. The fourth-order valence-electron chi connectivity index (χ4n) is 2.76. The van der Waals surface area contributed by atoms with Crippen LogP contribution in [0.25, 0.3) is 0 Å². The summed E-state index contributed by atoms with van der Waals surface area (Å²) >= 11 is 6.09. The Balaban J connectivity index is 1.95. The Morgan fingerprint density at radius 1 is 1.19 bits per heavy atom. The maximum Gasteiger partial charge on any atom is 0.244 e. The molecule has 1 N–H and O–H groups in total. The normalized spacial score (nSPS) is 10.4. The minimum absolute atomic E-state index is 0.00501. The van der Waals surface area contributed by atoms with Gasteiger partial charge in [-0.05, 0) is 37.0 Å². The second kappa shape index (κ2) is 9.97. The van der Waals surface area contributed by atoms with Gasteiger partial charge in [-0.15, -0.1) is 0 Å². The number of amides is 2. The number of ether oxygens (including phenoxy) is 1. The summed E-state index contributed by atoms with van der Waals surface area (Å²) in [6, 6.07) is 13.5. The molecule has 0 saturated heterocycles. The lowest BCUT2D eigenvalue weighted by molar-refractivity contribution is -0.132. The third-order valence-electron chi connectivity index (χ3n) is 4.27. The molecule has 0 saturated carbocycles. The van der Waals surface area contributed by atoms with E-state index in [2.05, 4.69) is 17.4 Å². The molecule has 6 heteroatoms. The zero-order chi connectivity index (χ0) is 19.8. The van der Waals surface area contributed by atoms with Gasteiger partial charge < -0.3 is 15.0 Å². The van der Waals surface area contributed by atoms with Gasteiger partial charge in [0.1, 0.15) is 5.75 Å². The van der Waals surface area contributed by atoms with Gasteiger partial charge >= 0.3 is 0 Å². The standard InChI is InChI=1S/C21H25ClN2O3/c1-15-12-19(20(27-3)13-18(15)22)23-21(26)14-24(16(2)25)11-7-10-17-8-5-4-6-9-17/h4-6,8-9,12-13H,7,10-11,14H2,1-3H3,(H,23,26). The number of nitrogens with one attached hydrogen (secondary N) is 1. The van der Waals surface area contributed by atoms with Gasteiger partial charge in [-0.3, -0.25) is 9.59 Å². The van der Waals surface area contributed by atoms with Gasteiger partial charge in [0.25, 0.3) is 0 Å². The lowest BCUT2D eigenvalue weighted by Gasteiger charge is -2.21. The molecule has 0 aliphatic carbocycles. The summed E-state index contributed by atoms with van der Waals surface area (Å²) < 4.78 is 5.27. The number of methoxy groups -OCH3 is 1. The average molecular weight is 389 g/mol. The Kier molecular flexibility index (Phi) is 7.67. The fraction of sp³-hybridized carbons (Fsp3) is 0.333. The quantitative estimate of drug-likeness (QED) is 0.741. The minimum Gasteiger partial charge on any atom is -0.495 e. The van der Waals surface area contributed by atoms with E-state index < -0.39 is 0 Å². The number of rotatable bonds is 8. The summed E-state index contributed by atoms with van der Waals surface area (Å²) in [6.45, 7) is 3.84. The van der Waals surface area contributed by atoms with E-state index in [1.165, 1.54) is 19.6 Å². The second-order valence-corrected chi connectivity index (χ2v) is 6.79. The lowest BCUT2D eigenvalue weighted by atomic mass is 10.1. The Hall–Kier alpha value is -2.53. The first-order chi connectivity index (χ1) is 12.9. The van der Waals surface area contributed by atoms with Crippen LogP contribution in [0.15, 0.2) is 42.5 Å². The van der Waals surface area contributed by atoms with Crippen LogP contribution in [0.2, 0.25) is 5.02 Å².